The van der Waals surface area contributed by atoms with Gasteiger partial charge in [-0.15, -0.1) is 0 Å². The Labute approximate surface area is 101 Å². The van der Waals surface area contributed by atoms with Gasteiger partial charge in [-0.2, -0.15) is 0 Å². The molecular formula is C12H18N2O3. The van der Waals surface area contributed by atoms with Crippen LogP contribution in [0.25, 0.3) is 0 Å². The Bertz CT molecular complexity index is 407. The number of benzene rings is 1. The molecule has 0 saturated carbocycles. The zero-order valence-corrected chi connectivity index (χ0v) is 10.2. The molecule has 0 spiro atoms. The van der Waals surface area contributed by atoms with Gasteiger partial charge in [-0.1, -0.05) is 6.07 Å². The predicted molar refractivity (Wildman–Crippen MR) is 64.9 cm³/mol. The number of phenolic OH excluding ortho intramolecular Hbond substituents is 1. The number of phenols is 1. The van der Waals surface area contributed by atoms with E-state index in [0.29, 0.717) is 5.75 Å². The van der Waals surface area contributed by atoms with Gasteiger partial charge in [0, 0.05) is 6.04 Å². The number of hydrogen-bond acceptors (Lipinski definition) is 4. The fourth-order valence-electron chi connectivity index (χ4n) is 1.52. The van der Waals surface area contributed by atoms with Crippen molar-refractivity contribution >= 4 is 5.91 Å². The van der Waals surface area contributed by atoms with Crippen molar-refractivity contribution in [3.05, 3.63) is 23.8 Å². The van der Waals surface area contributed by atoms with E-state index in [1.54, 1.807) is 25.1 Å². The largest absolute Gasteiger partial charge is 0.504 e. The fraction of sp³-hybridized carbons (Fsp3) is 0.417. The number of ether oxygens (including phenoxy) is 1. The van der Waals surface area contributed by atoms with Gasteiger partial charge >= 0.3 is 0 Å². The van der Waals surface area contributed by atoms with Crippen LogP contribution in [0.3, 0.4) is 0 Å². The third kappa shape index (κ3) is 3.35. The summed E-state index contributed by atoms with van der Waals surface area (Å²) in [5, 5.41) is 12.5. The van der Waals surface area contributed by atoms with Crippen LogP contribution in [0.15, 0.2) is 18.2 Å². The van der Waals surface area contributed by atoms with Crippen molar-refractivity contribution in [2.45, 2.75) is 25.9 Å². The van der Waals surface area contributed by atoms with Gasteiger partial charge in [-0.05, 0) is 31.5 Å². The summed E-state index contributed by atoms with van der Waals surface area (Å²) in [7, 11) is 1.49. The van der Waals surface area contributed by atoms with Crippen molar-refractivity contribution < 1.29 is 14.6 Å². The van der Waals surface area contributed by atoms with Gasteiger partial charge in [0.2, 0.25) is 5.91 Å². The third-order valence-electron chi connectivity index (χ3n) is 2.63. The highest BCUT2D eigenvalue weighted by atomic mass is 16.5. The molecule has 5 heteroatoms. The van der Waals surface area contributed by atoms with E-state index in [9.17, 15) is 9.90 Å². The number of amides is 1. The smallest absolute Gasteiger partial charge is 0.234 e. The first-order valence-electron chi connectivity index (χ1n) is 5.38. The number of rotatable bonds is 5. The minimum Gasteiger partial charge on any atom is -0.504 e. The van der Waals surface area contributed by atoms with Crippen molar-refractivity contribution in [1.82, 2.24) is 5.32 Å². The molecular weight excluding hydrogens is 220 g/mol. The van der Waals surface area contributed by atoms with Crippen molar-refractivity contribution in [3.63, 3.8) is 0 Å². The van der Waals surface area contributed by atoms with Crippen molar-refractivity contribution in [1.29, 1.82) is 0 Å². The number of nitrogens with two attached hydrogens (primary N) is 1. The lowest BCUT2D eigenvalue weighted by Crippen LogP contribution is -2.39. The molecule has 5 nitrogen and oxygen atoms in total. The molecule has 0 radical (unpaired) electrons. The van der Waals surface area contributed by atoms with Crippen LogP contribution >= 0.6 is 0 Å². The molecule has 4 N–H and O–H groups in total. The van der Waals surface area contributed by atoms with E-state index < -0.39 is 11.9 Å². The first-order valence-corrected chi connectivity index (χ1v) is 5.38. The Hall–Kier alpha value is -1.75. The molecule has 0 aliphatic heterocycles. The quantitative estimate of drug-likeness (QED) is 0.712. The van der Waals surface area contributed by atoms with Crippen LogP contribution in [0.5, 0.6) is 11.5 Å². The number of primary amides is 1. The third-order valence-corrected chi connectivity index (χ3v) is 2.63. The minimum atomic E-state index is -0.412. The summed E-state index contributed by atoms with van der Waals surface area (Å²) in [6.45, 7) is 3.61. The van der Waals surface area contributed by atoms with Gasteiger partial charge in [-0.3, -0.25) is 10.1 Å². The molecule has 0 fully saturated rings. The minimum absolute atomic E-state index is 0.0630. The second kappa shape index (κ2) is 5.54. The van der Waals surface area contributed by atoms with E-state index in [-0.39, 0.29) is 11.8 Å². The Balaban J connectivity index is 2.82. The maximum Gasteiger partial charge on any atom is 0.234 e. The Kier molecular flexibility index (Phi) is 4.34. The summed E-state index contributed by atoms with van der Waals surface area (Å²) >= 11 is 0. The van der Waals surface area contributed by atoms with E-state index in [4.69, 9.17) is 10.5 Å². The summed E-state index contributed by atoms with van der Waals surface area (Å²) in [5.74, 6) is 0.0943. The number of carbonyl (C=O) groups is 1. The van der Waals surface area contributed by atoms with Crippen LogP contribution in [0, 0.1) is 0 Å². The summed E-state index contributed by atoms with van der Waals surface area (Å²) in [6.07, 6.45) is 0. The molecule has 1 aromatic rings. The average Bonchev–Trinajstić information content (AvgIpc) is 2.29. The average molecular weight is 238 g/mol. The summed E-state index contributed by atoms with van der Waals surface area (Å²) in [6, 6.07) is 4.57. The predicted octanol–water partition coefficient (Wildman–Crippen LogP) is 0.925. The van der Waals surface area contributed by atoms with Crippen LogP contribution in [0.1, 0.15) is 25.5 Å². The van der Waals surface area contributed by atoms with Gasteiger partial charge in [-0.25, -0.2) is 0 Å². The highest BCUT2D eigenvalue weighted by Crippen LogP contribution is 2.28. The van der Waals surface area contributed by atoms with Crippen LogP contribution in [0.2, 0.25) is 0 Å². The molecule has 1 aromatic carbocycles. The summed E-state index contributed by atoms with van der Waals surface area (Å²) < 4.78 is 5.02. The van der Waals surface area contributed by atoms with Crippen LogP contribution in [-0.4, -0.2) is 24.2 Å². The first-order chi connectivity index (χ1) is 7.95. The Morgan fingerprint density at radius 1 is 1.47 bits per heavy atom. The molecule has 0 bridgehead atoms. The lowest BCUT2D eigenvalue weighted by Gasteiger charge is -2.18. The molecule has 0 saturated heterocycles. The molecule has 94 valence electrons. The van der Waals surface area contributed by atoms with Gasteiger partial charge in [0.1, 0.15) is 0 Å². The molecule has 2 atom stereocenters. The topological polar surface area (TPSA) is 84.6 Å². The summed E-state index contributed by atoms with van der Waals surface area (Å²) in [4.78, 5) is 10.9. The summed E-state index contributed by atoms with van der Waals surface area (Å²) in [5.41, 5.74) is 6.09. The molecule has 0 aliphatic rings. The van der Waals surface area contributed by atoms with E-state index in [1.807, 2.05) is 6.92 Å². The Morgan fingerprint density at radius 3 is 2.65 bits per heavy atom. The molecule has 0 aliphatic carbocycles. The fourth-order valence-corrected chi connectivity index (χ4v) is 1.52. The molecule has 2 unspecified atom stereocenters. The molecule has 17 heavy (non-hydrogen) atoms. The second-order valence-electron chi connectivity index (χ2n) is 3.94. The van der Waals surface area contributed by atoms with Crippen molar-refractivity contribution in [3.8, 4) is 11.5 Å². The number of carbonyl (C=O) groups excluding carboxylic acids is 1. The second-order valence-corrected chi connectivity index (χ2v) is 3.94. The normalized spacial score (nSPS) is 14.1. The molecule has 0 aromatic heterocycles. The lowest BCUT2D eigenvalue weighted by atomic mass is 10.1. The van der Waals surface area contributed by atoms with Gasteiger partial charge in [0.15, 0.2) is 11.5 Å². The maximum atomic E-state index is 10.9. The van der Waals surface area contributed by atoms with Crippen LogP contribution in [0.4, 0.5) is 0 Å². The first kappa shape index (κ1) is 13.3. The van der Waals surface area contributed by atoms with Gasteiger partial charge < -0.3 is 15.6 Å². The van der Waals surface area contributed by atoms with Crippen LogP contribution in [-0.2, 0) is 4.79 Å². The zero-order chi connectivity index (χ0) is 13.0. The molecule has 1 amide bonds. The van der Waals surface area contributed by atoms with E-state index in [1.165, 1.54) is 7.11 Å². The molecule has 0 heterocycles. The van der Waals surface area contributed by atoms with Crippen LogP contribution < -0.4 is 15.8 Å². The number of nitrogens with one attached hydrogen (secondary N) is 1. The van der Waals surface area contributed by atoms with E-state index in [0.717, 1.165) is 5.56 Å². The highest BCUT2D eigenvalue weighted by molar-refractivity contribution is 5.79. The van der Waals surface area contributed by atoms with Crippen molar-refractivity contribution in [2.75, 3.05) is 7.11 Å². The number of aromatic hydroxyl groups is 1. The van der Waals surface area contributed by atoms with E-state index >= 15 is 0 Å². The lowest BCUT2D eigenvalue weighted by molar-refractivity contribution is -0.119. The van der Waals surface area contributed by atoms with Gasteiger partial charge in [0.05, 0.1) is 13.2 Å². The number of methoxy groups -OCH3 is 1. The zero-order valence-electron chi connectivity index (χ0n) is 10.2. The van der Waals surface area contributed by atoms with E-state index in [2.05, 4.69) is 5.32 Å². The SMILES string of the molecule is COc1cc(C(C)NC(C)C(N)=O)ccc1O. The molecule has 1 rings (SSSR count). The van der Waals surface area contributed by atoms with Crippen molar-refractivity contribution in [2.24, 2.45) is 5.73 Å². The maximum absolute atomic E-state index is 10.9. The highest BCUT2D eigenvalue weighted by Gasteiger charge is 2.14. The Morgan fingerprint density at radius 2 is 2.12 bits per heavy atom. The standard InChI is InChI=1S/C12H18N2O3/c1-7(14-8(2)12(13)16)9-4-5-10(15)11(6-9)17-3/h4-8,14-15H,1-3H3,(H2,13,16). The monoisotopic (exact) mass is 238 g/mol. The number of hydrogen-bond donors (Lipinski definition) is 3. The van der Waals surface area contributed by atoms with Gasteiger partial charge in [0.25, 0.3) is 0 Å².